The lowest BCUT2D eigenvalue weighted by Crippen LogP contribution is -2.34. The SMILES string of the molecule is O=C(NCCOC1CCNCC1)c1cc(F)cc(Br)c1. The van der Waals surface area contributed by atoms with Crippen LogP contribution in [0, 0.1) is 5.82 Å². The zero-order valence-electron chi connectivity index (χ0n) is 11.1. The molecule has 4 nitrogen and oxygen atoms in total. The van der Waals surface area contributed by atoms with Crippen LogP contribution in [-0.4, -0.2) is 38.3 Å². The number of hydrogen-bond acceptors (Lipinski definition) is 3. The summed E-state index contributed by atoms with van der Waals surface area (Å²) < 4.78 is 19.4. The maximum Gasteiger partial charge on any atom is 0.251 e. The van der Waals surface area contributed by atoms with Crippen LogP contribution in [0.2, 0.25) is 0 Å². The summed E-state index contributed by atoms with van der Waals surface area (Å²) in [5.41, 5.74) is 0.304. The van der Waals surface area contributed by atoms with Crippen molar-refractivity contribution in [3.05, 3.63) is 34.1 Å². The van der Waals surface area contributed by atoms with E-state index in [2.05, 4.69) is 26.6 Å². The highest BCUT2D eigenvalue weighted by molar-refractivity contribution is 9.10. The number of rotatable bonds is 5. The molecule has 1 aromatic rings. The van der Waals surface area contributed by atoms with Crippen LogP contribution >= 0.6 is 15.9 Å². The molecule has 0 spiro atoms. The number of amides is 1. The molecule has 0 aliphatic carbocycles. The van der Waals surface area contributed by atoms with Gasteiger partial charge in [0, 0.05) is 16.6 Å². The highest BCUT2D eigenvalue weighted by Gasteiger charge is 2.13. The fourth-order valence-electron chi connectivity index (χ4n) is 2.14. The Balaban J connectivity index is 1.71. The summed E-state index contributed by atoms with van der Waals surface area (Å²) in [6.07, 6.45) is 2.28. The minimum Gasteiger partial charge on any atom is -0.376 e. The minimum atomic E-state index is -0.435. The number of halogens is 2. The molecule has 1 aliphatic heterocycles. The van der Waals surface area contributed by atoms with Crippen LogP contribution < -0.4 is 10.6 Å². The number of nitrogens with one attached hydrogen (secondary N) is 2. The van der Waals surface area contributed by atoms with E-state index in [1.807, 2.05) is 0 Å². The zero-order chi connectivity index (χ0) is 14.4. The fraction of sp³-hybridized carbons (Fsp3) is 0.500. The number of ether oxygens (including phenoxy) is 1. The Bertz CT molecular complexity index is 444. The molecular weight excluding hydrogens is 327 g/mol. The van der Waals surface area contributed by atoms with Crippen molar-refractivity contribution in [2.75, 3.05) is 26.2 Å². The molecule has 2 N–H and O–H groups in total. The molecule has 0 atom stereocenters. The number of piperidine rings is 1. The molecule has 20 heavy (non-hydrogen) atoms. The minimum absolute atomic E-state index is 0.275. The van der Waals surface area contributed by atoms with Gasteiger partial charge in [-0.05, 0) is 44.1 Å². The normalized spacial score (nSPS) is 16.1. The first kappa shape index (κ1) is 15.4. The maximum atomic E-state index is 13.2. The van der Waals surface area contributed by atoms with Crippen molar-refractivity contribution in [2.45, 2.75) is 18.9 Å². The molecular formula is C14H18BrFN2O2. The molecule has 6 heteroatoms. The molecule has 1 aromatic carbocycles. The number of carbonyl (C=O) groups excluding carboxylic acids is 1. The third-order valence-corrected chi connectivity index (χ3v) is 3.61. The molecule has 0 unspecified atom stereocenters. The van der Waals surface area contributed by atoms with E-state index in [4.69, 9.17) is 4.74 Å². The number of hydrogen-bond donors (Lipinski definition) is 2. The van der Waals surface area contributed by atoms with E-state index >= 15 is 0 Å². The predicted molar refractivity (Wildman–Crippen MR) is 78.3 cm³/mol. The number of benzene rings is 1. The molecule has 1 amide bonds. The van der Waals surface area contributed by atoms with Crippen LogP contribution in [0.3, 0.4) is 0 Å². The Labute approximate surface area is 126 Å². The van der Waals surface area contributed by atoms with Crippen molar-refractivity contribution in [3.63, 3.8) is 0 Å². The molecule has 0 radical (unpaired) electrons. The van der Waals surface area contributed by atoms with Gasteiger partial charge in [0.15, 0.2) is 0 Å². The first-order chi connectivity index (χ1) is 9.65. The van der Waals surface area contributed by atoms with E-state index < -0.39 is 5.82 Å². The van der Waals surface area contributed by atoms with Crippen LogP contribution in [0.4, 0.5) is 4.39 Å². The third kappa shape index (κ3) is 4.85. The van der Waals surface area contributed by atoms with Crippen LogP contribution in [0.1, 0.15) is 23.2 Å². The topological polar surface area (TPSA) is 50.4 Å². The molecule has 1 fully saturated rings. The van der Waals surface area contributed by atoms with Gasteiger partial charge < -0.3 is 15.4 Å². The predicted octanol–water partition coefficient (Wildman–Crippen LogP) is 2.09. The smallest absolute Gasteiger partial charge is 0.251 e. The molecule has 0 aromatic heterocycles. The first-order valence-corrected chi connectivity index (χ1v) is 7.51. The largest absolute Gasteiger partial charge is 0.376 e. The van der Waals surface area contributed by atoms with E-state index in [1.54, 1.807) is 6.07 Å². The van der Waals surface area contributed by atoms with Crippen LogP contribution in [0.5, 0.6) is 0 Å². The van der Waals surface area contributed by atoms with Gasteiger partial charge in [-0.25, -0.2) is 4.39 Å². The van der Waals surface area contributed by atoms with Gasteiger partial charge in [-0.1, -0.05) is 15.9 Å². The van der Waals surface area contributed by atoms with Gasteiger partial charge in [0.05, 0.1) is 12.7 Å². The van der Waals surface area contributed by atoms with E-state index in [-0.39, 0.29) is 12.0 Å². The maximum absolute atomic E-state index is 13.2. The highest BCUT2D eigenvalue weighted by atomic mass is 79.9. The lowest BCUT2D eigenvalue weighted by Gasteiger charge is -2.22. The van der Waals surface area contributed by atoms with Gasteiger partial charge in [0.25, 0.3) is 5.91 Å². The summed E-state index contributed by atoms with van der Waals surface area (Å²) in [6, 6.07) is 4.12. The molecule has 1 aliphatic rings. The second kappa shape index (κ2) is 7.71. The second-order valence-electron chi connectivity index (χ2n) is 4.73. The Hall–Kier alpha value is -0.980. The van der Waals surface area contributed by atoms with Gasteiger partial charge in [-0.15, -0.1) is 0 Å². The lowest BCUT2D eigenvalue weighted by atomic mass is 10.1. The summed E-state index contributed by atoms with van der Waals surface area (Å²) in [6.45, 7) is 2.87. The van der Waals surface area contributed by atoms with Crippen molar-refractivity contribution < 1.29 is 13.9 Å². The molecule has 2 rings (SSSR count). The van der Waals surface area contributed by atoms with E-state index in [0.29, 0.717) is 23.2 Å². The molecule has 110 valence electrons. The Kier molecular flexibility index (Phi) is 5.94. The van der Waals surface area contributed by atoms with Crippen molar-refractivity contribution in [1.82, 2.24) is 10.6 Å². The fourth-order valence-corrected chi connectivity index (χ4v) is 2.60. The van der Waals surface area contributed by atoms with Gasteiger partial charge >= 0.3 is 0 Å². The Morgan fingerprint density at radius 2 is 2.15 bits per heavy atom. The van der Waals surface area contributed by atoms with Crippen molar-refractivity contribution >= 4 is 21.8 Å². The van der Waals surface area contributed by atoms with E-state index in [1.165, 1.54) is 12.1 Å². The summed E-state index contributed by atoms with van der Waals surface area (Å²) in [5.74, 6) is -0.727. The van der Waals surface area contributed by atoms with Crippen LogP contribution in [0.15, 0.2) is 22.7 Å². The second-order valence-corrected chi connectivity index (χ2v) is 5.65. The van der Waals surface area contributed by atoms with E-state index in [0.717, 1.165) is 25.9 Å². The van der Waals surface area contributed by atoms with Crippen molar-refractivity contribution in [3.8, 4) is 0 Å². The van der Waals surface area contributed by atoms with Crippen molar-refractivity contribution in [1.29, 1.82) is 0 Å². The Morgan fingerprint density at radius 3 is 2.85 bits per heavy atom. The van der Waals surface area contributed by atoms with Gasteiger partial charge in [0.1, 0.15) is 5.82 Å². The molecule has 1 saturated heterocycles. The van der Waals surface area contributed by atoms with Crippen LogP contribution in [-0.2, 0) is 4.74 Å². The van der Waals surface area contributed by atoms with Gasteiger partial charge in [-0.2, -0.15) is 0 Å². The highest BCUT2D eigenvalue weighted by Crippen LogP contribution is 2.14. The van der Waals surface area contributed by atoms with Crippen molar-refractivity contribution in [2.24, 2.45) is 0 Å². The quantitative estimate of drug-likeness (QED) is 0.804. The summed E-state index contributed by atoms with van der Waals surface area (Å²) in [4.78, 5) is 11.8. The molecule has 0 bridgehead atoms. The monoisotopic (exact) mass is 344 g/mol. The average Bonchev–Trinajstić information content (AvgIpc) is 2.43. The summed E-state index contributed by atoms with van der Waals surface area (Å²) in [7, 11) is 0. The average molecular weight is 345 g/mol. The van der Waals surface area contributed by atoms with Gasteiger partial charge in [-0.3, -0.25) is 4.79 Å². The number of carbonyl (C=O) groups is 1. The molecule has 1 heterocycles. The van der Waals surface area contributed by atoms with E-state index in [9.17, 15) is 9.18 Å². The standard InChI is InChI=1S/C14H18BrFN2O2/c15-11-7-10(8-12(16)9-11)14(19)18-5-6-20-13-1-3-17-4-2-13/h7-9,13,17H,1-6H2,(H,18,19). The molecule has 0 saturated carbocycles. The summed E-state index contributed by atoms with van der Waals surface area (Å²) in [5, 5.41) is 5.99. The first-order valence-electron chi connectivity index (χ1n) is 6.72. The zero-order valence-corrected chi connectivity index (χ0v) is 12.7. The summed E-state index contributed by atoms with van der Waals surface area (Å²) >= 11 is 3.16. The Morgan fingerprint density at radius 1 is 1.40 bits per heavy atom. The lowest BCUT2D eigenvalue weighted by molar-refractivity contribution is 0.0343. The van der Waals surface area contributed by atoms with Gasteiger partial charge in [0.2, 0.25) is 0 Å². The van der Waals surface area contributed by atoms with Crippen LogP contribution in [0.25, 0.3) is 0 Å². The third-order valence-electron chi connectivity index (χ3n) is 3.15.